The summed E-state index contributed by atoms with van der Waals surface area (Å²) in [5.74, 6) is 1.00. The van der Waals surface area contributed by atoms with Crippen LogP contribution in [0.1, 0.15) is 49.7 Å². The molecule has 112 valence electrons. The quantitative estimate of drug-likeness (QED) is 0.836. The Hall–Kier alpha value is -1.41. The predicted octanol–water partition coefficient (Wildman–Crippen LogP) is 3.88. The maximum atomic E-state index is 12.6. The van der Waals surface area contributed by atoms with Gasteiger partial charge in [-0.05, 0) is 43.4 Å². The number of rotatable bonds is 4. The molecule has 0 radical (unpaired) electrons. The van der Waals surface area contributed by atoms with Crippen molar-refractivity contribution in [3.05, 3.63) is 42.0 Å². The van der Waals surface area contributed by atoms with E-state index in [0.717, 1.165) is 12.0 Å². The summed E-state index contributed by atoms with van der Waals surface area (Å²) in [6.07, 6.45) is 6.07. The molecule has 0 amide bonds. The van der Waals surface area contributed by atoms with E-state index in [0.29, 0.717) is 30.2 Å². The second-order valence-electron chi connectivity index (χ2n) is 6.52. The lowest BCUT2D eigenvalue weighted by atomic mass is 9.73. The first-order chi connectivity index (χ1) is 10.2. The Kier molecular flexibility index (Phi) is 3.99. The van der Waals surface area contributed by atoms with E-state index >= 15 is 0 Å². The van der Waals surface area contributed by atoms with Crippen molar-refractivity contribution in [1.82, 2.24) is 4.90 Å². The average molecular weight is 283 g/mol. The van der Waals surface area contributed by atoms with Crippen molar-refractivity contribution in [3.8, 4) is 0 Å². The fraction of sp³-hybridized carbons (Fsp3) is 0.526. The van der Waals surface area contributed by atoms with Crippen LogP contribution in [0.15, 0.2) is 30.8 Å². The number of piperidine rings is 1. The van der Waals surface area contributed by atoms with Crippen molar-refractivity contribution >= 4 is 11.9 Å². The third-order valence-corrected chi connectivity index (χ3v) is 5.59. The molecule has 4 unspecified atom stereocenters. The largest absolute Gasteiger partial charge is 0.300 e. The van der Waals surface area contributed by atoms with E-state index in [2.05, 4.69) is 42.8 Å². The van der Waals surface area contributed by atoms with Crippen LogP contribution in [-0.4, -0.2) is 29.8 Å². The SMILES string of the molecule is C=Cc1ccc(C2CC3CCC(C2C(=O)CC)N3C)cc1. The first kappa shape index (κ1) is 14.5. The average Bonchev–Trinajstić information content (AvgIpc) is 2.76. The summed E-state index contributed by atoms with van der Waals surface area (Å²) in [7, 11) is 2.20. The molecular formula is C19H25NO. The van der Waals surface area contributed by atoms with E-state index in [9.17, 15) is 4.79 Å². The number of ketones is 1. The minimum Gasteiger partial charge on any atom is -0.300 e. The van der Waals surface area contributed by atoms with E-state index < -0.39 is 0 Å². The Morgan fingerprint density at radius 3 is 2.67 bits per heavy atom. The molecule has 21 heavy (non-hydrogen) atoms. The van der Waals surface area contributed by atoms with Crippen LogP contribution in [0, 0.1) is 5.92 Å². The molecule has 4 atom stereocenters. The Labute approximate surface area is 127 Å². The number of carbonyl (C=O) groups is 1. The van der Waals surface area contributed by atoms with Crippen LogP contribution in [0.3, 0.4) is 0 Å². The van der Waals surface area contributed by atoms with Gasteiger partial charge in [-0.15, -0.1) is 0 Å². The lowest BCUT2D eigenvalue weighted by molar-refractivity contribution is -0.126. The number of hydrogen-bond acceptors (Lipinski definition) is 2. The summed E-state index contributed by atoms with van der Waals surface area (Å²) in [4.78, 5) is 15.0. The molecule has 2 bridgehead atoms. The molecule has 2 heterocycles. The highest BCUT2D eigenvalue weighted by Gasteiger charge is 2.48. The second-order valence-corrected chi connectivity index (χ2v) is 6.52. The Bertz CT molecular complexity index is 533. The van der Waals surface area contributed by atoms with Crippen LogP contribution in [0.4, 0.5) is 0 Å². The van der Waals surface area contributed by atoms with E-state index in [1.165, 1.54) is 18.4 Å². The van der Waals surface area contributed by atoms with Crippen molar-refractivity contribution in [2.24, 2.45) is 5.92 Å². The molecule has 1 aromatic rings. The molecule has 2 saturated heterocycles. The minimum atomic E-state index is 0.174. The number of fused-ring (bicyclic) bond motifs is 2. The highest BCUT2D eigenvalue weighted by atomic mass is 16.1. The molecule has 2 aliphatic heterocycles. The van der Waals surface area contributed by atoms with Gasteiger partial charge in [-0.1, -0.05) is 43.8 Å². The molecule has 2 aliphatic rings. The molecule has 2 nitrogen and oxygen atoms in total. The summed E-state index contributed by atoms with van der Waals surface area (Å²) in [6.45, 7) is 5.81. The fourth-order valence-corrected chi connectivity index (χ4v) is 4.36. The van der Waals surface area contributed by atoms with Gasteiger partial charge in [0.05, 0.1) is 0 Å². The van der Waals surface area contributed by atoms with E-state index in [-0.39, 0.29) is 5.92 Å². The number of hydrogen-bond donors (Lipinski definition) is 0. The van der Waals surface area contributed by atoms with Gasteiger partial charge in [0.15, 0.2) is 0 Å². The minimum absolute atomic E-state index is 0.174. The molecule has 2 heteroatoms. The standard InChI is InChI=1S/C19H25NO/c1-4-13-6-8-14(9-7-13)16-12-15-10-11-17(20(15)3)19(16)18(21)5-2/h4,6-9,15-17,19H,1,5,10-12H2,2-3H3. The number of Topliss-reactive ketones (excluding diaryl/α,β-unsaturated/α-hetero) is 1. The molecule has 0 spiro atoms. The van der Waals surface area contributed by atoms with Gasteiger partial charge < -0.3 is 0 Å². The van der Waals surface area contributed by atoms with E-state index in [1.54, 1.807) is 0 Å². The summed E-state index contributed by atoms with van der Waals surface area (Å²) < 4.78 is 0. The van der Waals surface area contributed by atoms with Crippen LogP contribution in [0.2, 0.25) is 0 Å². The van der Waals surface area contributed by atoms with Crippen molar-refractivity contribution in [1.29, 1.82) is 0 Å². The van der Waals surface area contributed by atoms with Crippen molar-refractivity contribution in [2.75, 3.05) is 7.05 Å². The highest BCUT2D eigenvalue weighted by molar-refractivity contribution is 5.82. The molecule has 0 aromatic heterocycles. The van der Waals surface area contributed by atoms with Crippen LogP contribution in [0.25, 0.3) is 6.08 Å². The van der Waals surface area contributed by atoms with Gasteiger partial charge in [-0.25, -0.2) is 0 Å². The third kappa shape index (κ3) is 2.46. The summed E-state index contributed by atoms with van der Waals surface area (Å²) >= 11 is 0. The molecule has 3 rings (SSSR count). The number of nitrogens with zero attached hydrogens (tertiary/aromatic N) is 1. The zero-order valence-corrected chi connectivity index (χ0v) is 13.1. The van der Waals surface area contributed by atoms with Crippen LogP contribution in [-0.2, 0) is 4.79 Å². The molecular weight excluding hydrogens is 258 g/mol. The number of benzene rings is 1. The van der Waals surface area contributed by atoms with Crippen LogP contribution < -0.4 is 0 Å². The third-order valence-electron chi connectivity index (χ3n) is 5.59. The summed E-state index contributed by atoms with van der Waals surface area (Å²) in [5, 5.41) is 0. The molecule has 1 aromatic carbocycles. The van der Waals surface area contributed by atoms with Crippen molar-refractivity contribution < 1.29 is 4.79 Å². The van der Waals surface area contributed by atoms with Gasteiger partial charge in [-0.3, -0.25) is 9.69 Å². The topological polar surface area (TPSA) is 20.3 Å². The van der Waals surface area contributed by atoms with Crippen molar-refractivity contribution in [3.63, 3.8) is 0 Å². The maximum Gasteiger partial charge on any atom is 0.137 e. The Morgan fingerprint density at radius 2 is 2.05 bits per heavy atom. The Balaban J connectivity index is 1.94. The van der Waals surface area contributed by atoms with Gasteiger partial charge >= 0.3 is 0 Å². The molecule has 0 N–H and O–H groups in total. The van der Waals surface area contributed by atoms with Crippen molar-refractivity contribution in [2.45, 2.75) is 50.6 Å². The first-order valence-corrected chi connectivity index (χ1v) is 8.12. The van der Waals surface area contributed by atoms with E-state index in [4.69, 9.17) is 0 Å². The summed E-state index contributed by atoms with van der Waals surface area (Å²) in [6, 6.07) is 9.73. The smallest absolute Gasteiger partial charge is 0.137 e. The Morgan fingerprint density at radius 1 is 1.33 bits per heavy atom. The zero-order valence-electron chi connectivity index (χ0n) is 13.1. The fourth-order valence-electron chi connectivity index (χ4n) is 4.36. The van der Waals surface area contributed by atoms with Gasteiger partial charge in [0.25, 0.3) is 0 Å². The maximum absolute atomic E-state index is 12.6. The monoisotopic (exact) mass is 283 g/mol. The van der Waals surface area contributed by atoms with Gasteiger partial charge in [0.2, 0.25) is 0 Å². The lowest BCUT2D eigenvalue weighted by Crippen LogP contribution is -2.48. The lowest BCUT2D eigenvalue weighted by Gasteiger charge is -2.42. The van der Waals surface area contributed by atoms with Crippen LogP contribution in [0.5, 0.6) is 0 Å². The predicted molar refractivity (Wildman–Crippen MR) is 87.3 cm³/mol. The van der Waals surface area contributed by atoms with Gasteiger partial charge in [-0.2, -0.15) is 0 Å². The van der Waals surface area contributed by atoms with E-state index in [1.807, 2.05) is 13.0 Å². The van der Waals surface area contributed by atoms with Crippen LogP contribution >= 0.6 is 0 Å². The normalized spacial score (nSPS) is 32.1. The van der Waals surface area contributed by atoms with Gasteiger partial charge in [0, 0.05) is 24.4 Å². The highest BCUT2D eigenvalue weighted by Crippen LogP contribution is 2.46. The summed E-state index contributed by atoms with van der Waals surface area (Å²) in [5.41, 5.74) is 2.48. The molecule has 2 fully saturated rings. The number of carbonyl (C=O) groups excluding carboxylic acids is 1. The molecule has 0 aliphatic carbocycles. The molecule has 0 saturated carbocycles. The van der Waals surface area contributed by atoms with Gasteiger partial charge in [0.1, 0.15) is 5.78 Å². The second kappa shape index (κ2) is 5.76. The zero-order chi connectivity index (χ0) is 15.0. The first-order valence-electron chi connectivity index (χ1n) is 8.12.